The van der Waals surface area contributed by atoms with Crippen LogP contribution in [0.2, 0.25) is 0 Å². The van der Waals surface area contributed by atoms with Crippen LogP contribution in [-0.4, -0.2) is 20.2 Å². The minimum Gasteiger partial charge on any atom is -0.469 e. The van der Waals surface area contributed by atoms with E-state index in [4.69, 9.17) is 4.42 Å². The molecule has 0 aliphatic carbocycles. The van der Waals surface area contributed by atoms with Gasteiger partial charge in [0.1, 0.15) is 5.76 Å². The molecule has 0 amide bonds. The number of benzene rings is 1. The van der Waals surface area contributed by atoms with Gasteiger partial charge in [0.2, 0.25) is 10.0 Å². The number of hydrogen-bond acceptors (Lipinski definition) is 4. The number of Topliss-reactive ketones (excluding diaryl/α,β-unsaturated/α-hetero) is 1. The number of hydrogen-bond donors (Lipinski definition) is 1. The smallest absolute Gasteiger partial charge is 0.240 e. The summed E-state index contributed by atoms with van der Waals surface area (Å²) in [6.07, 6.45) is 2.02. The van der Waals surface area contributed by atoms with Gasteiger partial charge < -0.3 is 4.42 Å². The summed E-state index contributed by atoms with van der Waals surface area (Å²) in [5, 5.41) is 0. The van der Waals surface area contributed by atoms with Gasteiger partial charge in [-0.2, -0.15) is 0 Å². The van der Waals surface area contributed by atoms with E-state index in [9.17, 15) is 13.2 Å². The van der Waals surface area contributed by atoms with Crippen molar-refractivity contribution >= 4 is 15.8 Å². The maximum atomic E-state index is 12.2. The van der Waals surface area contributed by atoms with Gasteiger partial charge in [-0.05, 0) is 38.1 Å². The molecule has 1 aromatic heterocycles. The number of ketones is 1. The summed E-state index contributed by atoms with van der Waals surface area (Å²) in [6, 6.07) is 9.14. The van der Waals surface area contributed by atoms with Crippen LogP contribution in [0.5, 0.6) is 0 Å². The number of furan rings is 1. The van der Waals surface area contributed by atoms with Crippen molar-refractivity contribution < 1.29 is 17.6 Å². The summed E-state index contributed by atoms with van der Waals surface area (Å²) in [6.45, 7) is 3.21. The zero-order valence-electron chi connectivity index (χ0n) is 11.9. The zero-order valence-corrected chi connectivity index (χ0v) is 12.7. The molecule has 5 nitrogen and oxygen atoms in total. The molecule has 0 spiro atoms. The molecule has 1 heterocycles. The highest BCUT2D eigenvalue weighted by atomic mass is 32.2. The van der Waals surface area contributed by atoms with E-state index in [2.05, 4.69) is 4.72 Å². The van der Waals surface area contributed by atoms with Crippen LogP contribution in [0.1, 0.15) is 30.0 Å². The molecule has 0 saturated carbocycles. The molecule has 0 saturated heterocycles. The first-order valence-corrected chi connectivity index (χ1v) is 8.02. The molecule has 0 aliphatic heterocycles. The normalized spacial score (nSPS) is 13.0. The van der Waals surface area contributed by atoms with E-state index in [1.165, 1.54) is 31.2 Å². The monoisotopic (exact) mass is 307 g/mol. The summed E-state index contributed by atoms with van der Waals surface area (Å²) < 4.78 is 32.2. The molecular formula is C15H17NO4S. The third kappa shape index (κ3) is 4.03. The molecule has 6 heteroatoms. The highest BCUT2D eigenvalue weighted by molar-refractivity contribution is 7.89. The number of sulfonamides is 1. The lowest BCUT2D eigenvalue weighted by Gasteiger charge is -2.13. The summed E-state index contributed by atoms with van der Waals surface area (Å²) in [7, 11) is -3.61. The second-order valence-electron chi connectivity index (χ2n) is 4.89. The van der Waals surface area contributed by atoms with Crippen molar-refractivity contribution in [2.75, 3.05) is 0 Å². The predicted octanol–water partition coefficient (Wildman–Crippen LogP) is 2.39. The van der Waals surface area contributed by atoms with Crippen LogP contribution in [0.4, 0.5) is 0 Å². The first kappa shape index (κ1) is 15.5. The van der Waals surface area contributed by atoms with Crippen molar-refractivity contribution in [2.45, 2.75) is 31.2 Å². The van der Waals surface area contributed by atoms with Gasteiger partial charge in [0.15, 0.2) is 5.78 Å². The second kappa shape index (κ2) is 6.24. The first-order valence-electron chi connectivity index (χ1n) is 6.54. The van der Waals surface area contributed by atoms with Crippen molar-refractivity contribution in [3.8, 4) is 0 Å². The fourth-order valence-corrected chi connectivity index (χ4v) is 3.22. The number of nitrogens with one attached hydrogen (secondary N) is 1. The molecule has 112 valence electrons. The Bertz CT molecular complexity index is 703. The standard InChI is InChI=1S/C15H17NO4S/c1-11(10-14-4-3-9-20-14)16-21(18,19)15-7-5-13(6-8-15)12(2)17/h3-9,11,16H,10H2,1-2H3/t11-/m0/s1. The molecule has 1 aromatic carbocycles. The van der Waals surface area contributed by atoms with Gasteiger partial charge in [-0.25, -0.2) is 13.1 Å². The van der Waals surface area contributed by atoms with Crippen molar-refractivity contribution in [1.82, 2.24) is 4.72 Å². The molecule has 0 aliphatic rings. The third-order valence-corrected chi connectivity index (χ3v) is 4.62. The highest BCUT2D eigenvalue weighted by Gasteiger charge is 2.18. The average Bonchev–Trinajstić information content (AvgIpc) is 2.90. The van der Waals surface area contributed by atoms with Gasteiger partial charge in [0.05, 0.1) is 11.2 Å². The van der Waals surface area contributed by atoms with E-state index < -0.39 is 10.0 Å². The highest BCUT2D eigenvalue weighted by Crippen LogP contribution is 2.13. The van der Waals surface area contributed by atoms with E-state index >= 15 is 0 Å². The Morgan fingerprint density at radius 2 is 1.90 bits per heavy atom. The average molecular weight is 307 g/mol. The Hall–Kier alpha value is -1.92. The Labute approximate surface area is 124 Å². The Balaban J connectivity index is 2.08. The van der Waals surface area contributed by atoms with Gasteiger partial charge in [-0.3, -0.25) is 4.79 Å². The minimum absolute atomic E-state index is 0.0990. The fourth-order valence-electron chi connectivity index (χ4n) is 1.97. The van der Waals surface area contributed by atoms with Crippen molar-refractivity contribution in [3.63, 3.8) is 0 Å². The maximum absolute atomic E-state index is 12.2. The van der Waals surface area contributed by atoms with Crippen LogP contribution in [0.15, 0.2) is 52.0 Å². The zero-order chi connectivity index (χ0) is 15.5. The van der Waals surface area contributed by atoms with Gasteiger partial charge in [-0.15, -0.1) is 0 Å². The predicted molar refractivity (Wildman–Crippen MR) is 78.6 cm³/mol. The van der Waals surface area contributed by atoms with E-state index in [1.54, 1.807) is 25.3 Å². The van der Waals surface area contributed by atoms with Gasteiger partial charge >= 0.3 is 0 Å². The van der Waals surface area contributed by atoms with Crippen LogP contribution in [-0.2, 0) is 16.4 Å². The van der Waals surface area contributed by atoms with Crippen LogP contribution < -0.4 is 4.72 Å². The molecule has 0 fully saturated rings. The van der Waals surface area contributed by atoms with Gasteiger partial charge in [0, 0.05) is 18.0 Å². The molecule has 2 aromatic rings. The minimum atomic E-state index is -3.61. The fraction of sp³-hybridized carbons (Fsp3) is 0.267. The largest absolute Gasteiger partial charge is 0.469 e. The maximum Gasteiger partial charge on any atom is 0.240 e. The quantitative estimate of drug-likeness (QED) is 0.831. The van der Waals surface area contributed by atoms with E-state index in [1.807, 2.05) is 0 Å². The van der Waals surface area contributed by atoms with Crippen molar-refractivity contribution in [2.24, 2.45) is 0 Å². The summed E-state index contributed by atoms with van der Waals surface area (Å²) in [4.78, 5) is 11.3. The van der Waals surface area contributed by atoms with Crippen LogP contribution in [0, 0.1) is 0 Å². The molecule has 0 radical (unpaired) electrons. The van der Waals surface area contributed by atoms with Gasteiger partial charge in [-0.1, -0.05) is 12.1 Å². The van der Waals surface area contributed by atoms with Crippen LogP contribution in [0.3, 0.4) is 0 Å². The number of rotatable bonds is 6. The topological polar surface area (TPSA) is 76.4 Å². The van der Waals surface area contributed by atoms with Gasteiger partial charge in [0.25, 0.3) is 0 Å². The molecule has 1 N–H and O–H groups in total. The Kier molecular flexibility index (Phi) is 4.59. The lowest BCUT2D eigenvalue weighted by atomic mass is 10.2. The second-order valence-corrected chi connectivity index (χ2v) is 6.60. The summed E-state index contributed by atoms with van der Waals surface area (Å²) in [5.41, 5.74) is 0.484. The van der Waals surface area contributed by atoms with Crippen LogP contribution in [0.25, 0.3) is 0 Å². The summed E-state index contributed by atoms with van der Waals surface area (Å²) in [5.74, 6) is 0.621. The molecule has 2 rings (SSSR count). The number of carbonyl (C=O) groups is 1. The van der Waals surface area contributed by atoms with Crippen molar-refractivity contribution in [3.05, 3.63) is 54.0 Å². The van der Waals surface area contributed by atoms with Crippen molar-refractivity contribution in [1.29, 1.82) is 0 Å². The lowest BCUT2D eigenvalue weighted by molar-refractivity contribution is 0.101. The molecular weight excluding hydrogens is 290 g/mol. The van der Waals surface area contributed by atoms with Crippen LogP contribution >= 0.6 is 0 Å². The van der Waals surface area contributed by atoms with E-state index in [0.717, 1.165) is 5.76 Å². The Morgan fingerprint density at radius 1 is 1.24 bits per heavy atom. The van der Waals surface area contributed by atoms with E-state index in [0.29, 0.717) is 12.0 Å². The summed E-state index contributed by atoms with van der Waals surface area (Å²) >= 11 is 0. The number of carbonyl (C=O) groups excluding carboxylic acids is 1. The first-order chi connectivity index (χ1) is 9.88. The van der Waals surface area contributed by atoms with E-state index in [-0.39, 0.29) is 16.7 Å². The molecule has 0 bridgehead atoms. The SMILES string of the molecule is CC(=O)c1ccc(S(=O)(=O)N[C@@H](C)Cc2ccco2)cc1. The molecule has 0 unspecified atom stereocenters. The third-order valence-electron chi connectivity index (χ3n) is 3.01. The Morgan fingerprint density at radius 3 is 2.43 bits per heavy atom. The molecule has 1 atom stereocenters. The lowest BCUT2D eigenvalue weighted by Crippen LogP contribution is -2.34. The molecule has 21 heavy (non-hydrogen) atoms.